The molecule has 0 bridgehead atoms. The molecule has 0 amide bonds. The molecule has 1 aromatic carbocycles. The molecule has 1 aromatic heterocycles. The number of anilines is 1. The number of rotatable bonds is 7. The Labute approximate surface area is 161 Å². The standard InChI is InChI=1S/C21H29N5O/c27-19-12-18(13-19)20-14-21(24-16-23-20)22-6-7-25-8-10-26(11-9-25)15-17-4-2-1-3-5-17/h1-5,14,16,18-19,27H,6-13,15H2,(H,22,23,24). The Kier molecular flexibility index (Phi) is 5.97. The fourth-order valence-corrected chi connectivity index (χ4v) is 3.88. The molecule has 6 heteroatoms. The SMILES string of the molecule is OC1CC(c2cc(NCCN3CCN(Cc4ccccc4)CC3)ncn2)C1. The molecule has 2 heterocycles. The Hall–Kier alpha value is -2.02. The third kappa shape index (κ3) is 5.03. The third-order valence-corrected chi connectivity index (χ3v) is 5.67. The van der Waals surface area contributed by atoms with Crippen LogP contribution in [0.4, 0.5) is 5.82 Å². The van der Waals surface area contributed by atoms with Crippen molar-refractivity contribution in [2.24, 2.45) is 0 Å². The van der Waals surface area contributed by atoms with E-state index in [1.165, 1.54) is 5.56 Å². The van der Waals surface area contributed by atoms with Gasteiger partial charge in [-0.1, -0.05) is 30.3 Å². The van der Waals surface area contributed by atoms with Crippen molar-refractivity contribution in [3.8, 4) is 0 Å². The van der Waals surface area contributed by atoms with Crippen LogP contribution in [0.1, 0.15) is 30.0 Å². The van der Waals surface area contributed by atoms with Gasteiger partial charge in [-0.25, -0.2) is 9.97 Å². The van der Waals surface area contributed by atoms with Crippen LogP contribution in [0, 0.1) is 0 Å². The van der Waals surface area contributed by atoms with Gasteiger partial charge < -0.3 is 10.4 Å². The van der Waals surface area contributed by atoms with Crippen LogP contribution in [-0.4, -0.2) is 70.2 Å². The number of piperazine rings is 1. The molecule has 2 N–H and O–H groups in total. The fourth-order valence-electron chi connectivity index (χ4n) is 3.88. The second-order valence-electron chi connectivity index (χ2n) is 7.68. The summed E-state index contributed by atoms with van der Waals surface area (Å²) in [6.07, 6.45) is 3.12. The van der Waals surface area contributed by atoms with Crippen LogP contribution >= 0.6 is 0 Å². The molecule has 0 radical (unpaired) electrons. The van der Waals surface area contributed by atoms with Crippen molar-refractivity contribution in [2.45, 2.75) is 31.4 Å². The molecule has 1 aliphatic heterocycles. The van der Waals surface area contributed by atoms with Gasteiger partial charge in [-0.15, -0.1) is 0 Å². The maximum absolute atomic E-state index is 9.47. The maximum atomic E-state index is 9.47. The molecule has 2 fully saturated rings. The van der Waals surface area contributed by atoms with Gasteiger partial charge >= 0.3 is 0 Å². The van der Waals surface area contributed by atoms with Crippen molar-refractivity contribution in [2.75, 3.05) is 44.6 Å². The Morgan fingerprint density at radius 2 is 1.74 bits per heavy atom. The van der Waals surface area contributed by atoms with Crippen LogP contribution in [-0.2, 0) is 6.54 Å². The molecule has 2 aromatic rings. The molecule has 0 atom stereocenters. The lowest BCUT2D eigenvalue weighted by molar-refractivity contribution is 0.0732. The summed E-state index contributed by atoms with van der Waals surface area (Å²) in [6.45, 7) is 7.44. The summed E-state index contributed by atoms with van der Waals surface area (Å²) in [5.41, 5.74) is 2.44. The molecular weight excluding hydrogens is 338 g/mol. The minimum absolute atomic E-state index is 0.151. The first-order chi connectivity index (χ1) is 13.3. The Morgan fingerprint density at radius 3 is 2.48 bits per heavy atom. The quantitative estimate of drug-likeness (QED) is 0.780. The highest BCUT2D eigenvalue weighted by molar-refractivity contribution is 5.36. The van der Waals surface area contributed by atoms with E-state index in [2.05, 4.69) is 55.4 Å². The zero-order chi connectivity index (χ0) is 18.5. The van der Waals surface area contributed by atoms with E-state index in [9.17, 15) is 5.11 Å². The smallest absolute Gasteiger partial charge is 0.129 e. The maximum Gasteiger partial charge on any atom is 0.129 e. The molecule has 27 heavy (non-hydrogen) atoms. The van der Waals surface area contributed by atoms with Gasteiger partial charge in [-0.05, 0) is 18.4 Å². The summed E-state index contributed by atoms with van der Waals surface area (Å²) in [7, 11) is 0. The van der Waals surface area contributed by atoms with Crippen molar-refractivity contribution in [3.05, 3.63) is 54.0 Å². The summed E-state index contributed by atoms with van der Waals surface area (Å²) >= 11 is 0. The van der Waals surface area contributed by atoms with E-state index in [-0.39, 0.29) is 6.10 Å². The van der Waals surface area contributed by atoms with Crippen molar-refractivity contribution < 1.29 is 5.11 Å². The molecule has 0 spiro atoms. The number of aromatic nitrogens is 2. The van der Waals surface area contributed by atoms with Gasteiger partial charge in [0.05, 0.1) is 6.10 Å². The average Bonchev–Trinajstić information content (AvgIpc) is 2.68. The molecule has 0 unspecified atom stereocenters. The van der Waals surface area contributed by atoms with Gasteiger partial charge in [0.25, 0.3) is 0 Å². The van der Waals surface area contributed by atoms with E-state index >= 15 is 0 Å². The summed E-state index contributed by atoms with van der Waals surface area (Å²) < 4.78 is 0. The second kappa shape index (κ2) is 8.78. The molecular formula is C21H29N5O. The topological polar surface area (TPSA) is 64.5 Å². The molecule has 1 aliphatic carbocycles. The molecule has 2 aliphatic rings. The first kappa shape index (κ1) is 18.3. The van der Waals surface area contributed by atoms with Crippen LogP contribution in [0.5, 0.6) is 0 Å². The predicted molar refractivity (Wildman–Crippen MR) is 107 cm³/mol. The van der Waals surface area contributed by atoms with E-state index in [1.807, 2.05) is 6.07 Å². The fraction of sp³-hybridized carbons (Fsp3) is 0.524. The largest absolute Gasteiger partial charge is 0.393 e. The summed E-state index contributed by atoms with van der Waals surface area (Å²) in [5, 5.41) is 12.9. The molecule has 1 saturated heterocycles. The van der Waals surface area contributed by atoms with E-state index in [1.54, 1.807) is 6.33 Å². The van der Waals surface area contributed by atoms with Crippen molar-refractivity contribution in [1.82, 2.24) is 19.8 Å². The molecule has 1 saturated carbocycles. The van der Waals surface area contributed by atoms with Crippen molar-refractivity contribution in [3.63, 3.8) is 0 Å². The Bertz CT molecular complexity index is 712. The van der Waals surface area contributed by atoms with E-state index < -0.39 is 0 Å². The highest BCUT2D eigenvalue weighted by Gasteiger charge is 2.29. The minimum atomic E-state index is -0.151. The first-order valence-corrected chi connectivity index (χ1v) is 9.99. The minimum Gasteiger partial charge on any atom is -0.393 e. The number of aliphatic hydroxyl groups is 1. The van der Waals surface area contributed by atoms with Gasteiger partial charge in [0.2, 0.25) is 0 Å². The van der Waals surface area contributed by atoms with Crippen LogP contribution in [0.15, 0.2) is 42.7 Å². The zero-order valence-electron chi connectivity index (χ0n) is 15.8. The number of nitrogens with zero attached hydrogens (tertiary/aromatic N) is 4. The predicted octanol–water partition coefficient (Wildman–Crippen LogP) is 1.94. The zero-order valence-corrected chi connectivity index (χ0v) is 15.8. The van der Waals surface area contributed by atoms with Gasteiger partial charge in [0, 0.05) is 63.5 Å². The van der Waals surface area contributed by atoms with Crippen LogP contribution < -0.4 is 5.32 Å². The van der Waals surface area contributed by atoms with Gasteiger partial charge in [0.1, 0.15) is 12.1 Å². The van der Waals surface area contributed by atoms with Crippen molar-refractivity contribution >= 4 is 5.82 Å². The van der Waals surface area contributed by atoms with E-state index in [0.717, 1.165) is 70.2 Å². The van der Waals surface area contributed by atoms with Gasteiger partial charge in [-0.3, -0.25) is 9.80 Å². The highest BCUT2D eigenvalue weighted by atomic mass is 16.3. The Morgan fingerprint density at radius 1 is 1.00 bits per heavy atom. The van der Waals surface area contributed by atoms with E-state index in [4.69, 9.17) is 0 Å². The summed E-state index contributed by atoms with van der Waals surface area (Å²) in [4.78, 5) is 13.7. The summed E-state index contributed by atoms with van der Waals surface area (Å²) in [5.74, 6) is 1.28. The number of hydrogen-bond acceptors (Lipinski definition) is 6. The van der Waals surface area contributed by atoms with Gasteiger partial charge in [0.15, 0.2) is 0 Å². The first-order valence-electron chi connectivity index (χ1n) is 9.99. The number of benzene rings is 1. The highest BCUT2D eigenvalue weighted by Crippen LogP contribution is 2.35. The molecule has 144 valence electrons. The lowest BCUT2D eigenvalue weighted by atomic mass is 9.80. The summed E-state index contributed by atoms with van der Waals surface area (Å²) in [6, 6.07) is 12.7. The van der Waals surface area contributed by atoms with Crippen LogP contribution in [0.2, 0.25) is 0 Å². The van der Waals surface area contributed by atoms with Crippen LogP contribution in [0.3, 0.4) is 0 Å². The number of aliphatic hydroxyl groups excluding tert-OH is 1. The van der Waals surface area contributed by atoms with Crippen LogP contribution in [0.25, 0.3) is 0 Å². The lowest BCUT2D eigenvalue weighted by Crippen LogP contribution is -2.47. The normalized spacial score (nSPS) is 23.7. The Balaban J connectivity index is 1.17. The lowest BCUT2D eigenvalue weighted by Gasteiger charge is -2.34. The third-order valence-electron chi connectivity index (χ3n) is 5.67. The number of nitrogens with one attached hydrogen (secondary N) is 1. The number of hydrogen-bond donors (Lipinski definition) is 2. The average molecular weight is 367 g/mol. The molecule has 4 rings (SSSR count). The monoisotopic (exact) mass is 367 g/mol. The van der Waals surface area contributed by atoms with Crippen molar-refractivity contribution in [1.29, 1.82) is 0 Å². The molecule has 6 nitrogen and oxygen atoms in total. The van der Waals surface area contributed by atoms with E-state index in [0.29, 0.717) is 5.92 Å². The second-order valence-corrected chi connectivity index (χ2v) is 7.68. The van der Waals surface area contributed by atoms with Gasteiger partial charge in [-0.2, -0.15) is 0 Å².